The van der Waals surface area contributed by atoms with E-state index in [0.29, 0.717) is 12.1 Å². The minimum Gasteiger partial charge on any atom is -0.497 e. The second-order valence-electron chi connectivity index (χ2n) is 8.26. The Bertz CT molecular complexity index is 902. The number of rotatable bonds is 8. The molecular weight excluding hydrogens is 378 g/mol. The Morgan fingerprint density at radius 1 is 1.10 bits per heavy atom. The first-order chi connectivity index (χ1) is 14.3. The molecule has 0 bridgehead atoms. The number of methoxy groups -OCH3 is 1. The number of anilines is 2. The van der Waals surface area contributed by atoms with Gasteiger partial charge < -0.3 is 19.9 Å². The van der Waals surface area contributed by atoms with Gasteiger partial charge in [-0.15, -0.1) is 0 Å². The average Bonchev–Trinajstić information content (AvgIpc) is 3.57. The smallest absolute Gasteiger partial charge is 0.254 e. The van der Waals surface area contributed by atoms with Crippen LogP contribution in [0.4, 0.5) is 11.4 Å². The van der Waals surface area contributed by atoms with E-state index in [1.165, 1.54) is 0 Å². The van der Waals surface area contributed by atoms with Gasteiger partial charge in [0.05, 0.1) is 7.11 Å². The van der Waals surface area contributed by atoms with Crippen LogP contribution in [0.25, 0.3) is 0 Å². The standard InChI is InChI=1S/C24H31N3O3/c1-16(2)27(24(29)18-8-11-21(30-5)12-9-18)15-19-14-20(10-13-22(19)26(3)4)25-23(28)17-6-7-17/h8-14,16-17H,6-7,15H2,1-5H3,(H,25,28). The molecular formula is C24H31N3O3. The summed E-state index contributed by atoms with van der Waals surface area (Å²) in [6.07, 6.45) is 1.93. The SMILES string of the molecule is COc1ccc(C(=O)N(Cc2cc(NC(=O)C3CC3)ccc2N(C)C)C(C)C)cc1. The maximum absolute atomic E-state index is 13.2. The Kier molecular flexibility index (Phi) is 6.65. The highest BCUT2D eigenvalue weighted by Gasteiger charge is 2.29. The third-order valence-corrected chi connectivity index (χ3v) is 5.34. The fraction of sp³-hybridized carbons (Fsp3) is 0.417. The van der Waals surface area contributed by atoms with E-state index in [4.69, 9.17) is 4.74 Å². The highest BCUT2D eigenvalue weighted by atomic mass is 16.5. The van der Waals surface area contributed by atoms with E-state index in [1.54, 1.807) is 31.4 Å². The molecule has 2 aromatic rings. The van der Waals surface area contributed by atoms with E-state index in [2.05, 4.69) is 5.32 Å². The molecule has 2 amide bonds. The minimum atomic E-state index is -0.0372. The highest BCUT2D eigenvalue weighted by Crippen LogP contribution is 2.31. The fourth-order valence-electron chi connectivity index (χ4n) is 3.39. The molecule has 6 heteroatoms. The number of nitrogens with one attached hydrogen (secondary N) is 1. The lowest BCUT2D eigenvalue weighted by molar-refractivity contribution is -0.117. The topological polar surface area (TPSA) is 61.9 Å². The van der Waals surface area contributed by atoms with Crippen LogP contribution in [0.1, 0.15) is 42.6 Å². The molecule has 6 nitrogen and oxygen atoms in total. The number of carbonyl (C=O) groups is 2. The fourth-order valence-corrected chi connectivity index (χ4v) is 3.39. The van der Waals surface area contributed by atoms with Crippen LogP contribution in [0.3, 0.4) is 0 Å². The lowest BCUT2D eigenvalue weighted by atomic mass is 10.1. The average molecular weight is 410 g/mol. The molecule has 1 aliphatic rings. The van der Waals surface area contributed by atoms with E-state index in [-0.39, 0.29) is 23.8 Å². The van der Waals surface area contributed by atoms with Crippen LogP contribution >= 0.6 is 0 Å². The van der Waals surface area contributed by atoms with Gasteiger partial charge in [-0.25, -0.2) is 0 Å². The van der Waals surface area contributed by atoms with Crippen molar-refractivity contribution in [2.75, 3.05) is 31.4 Å². The van der Waals surface area contributed by atoms with Gasteiger partial charge >= 0.3 is 0 Å². The predicted molar refractivity (Wildman–Crippen MR) is 120 cm³/mol. The Hall–Kier alpha value is -3.02. The van der Waals surface area contributed by atoms with Gasteiger partial charge in [-0.1, -0.05) is 0 Å². The lowest BCUT2D eigenvalue weighted by Gasteiger charge is -2.29. The number of carbonyl (C=O) groups excluding carboxylic acids is 2. The molecule has 0 aromatic heterocycles. The van der Waals surface area contributed by atoms with Crippen molar-refractivity contribution in [3.63, 3.8) is 0 Å². The third kappa shape index (κ3) is 5.12. The van der Waals surface area contributed by atoms with Gasteiger partial charge in [0.2, 0.25) is 5.91 Å². The molecule has 0 aliphatic heterocycles. The first kappa shape index (κ1) is 21.7. The van der Waals surface area contributed by atoms with Gasteiger partial charge in [0, 0.05) is 49.5 Å². The van der Waals surface area contributed by atoms with Crippen LogP contribution in [0.15, 0.2) is 42.5 Å². The molecule has 160 valence electrons. The summed E-state index contributed by atoms with van der Waals surface area (Å²) in [6.45, 7) is 4.47. The van der Waals surface area contributed by atoms with E-state index in [1.807, 2.05) is 55.9 Å². The zero-order valence-corrected chi connectivity index (χ0v) is 18.4. The molecule has 2 aromatic carbocycles. The van der Waals surface area contributed by atoms with Crippen LogP contribution in [0, 0.1) is 5.92 Å². The second-order valence-corrected chi connectivity index (χ2v) is 8.26. The van der Waals surface area contributed by atoms with Crippen molar-refractivity contribution >= 4 is 23.2 Å². The summed E-state index contributed by atoms with van der Waals surface area (Å²) in [5.41, 5.74) is 3.40. The van der Waals surface area contributed by atoms with E-state index in [0.717, 1.165) is 35.5 Å². The quantitative estimate of drug-likeness (QED) is 0.711. The van der Waals surface area contributed by atoms with E-state index in [9.17, 15) is 9.59 Å². The van der Waals surface area contributed by atoms with Crippen LogP contribution in [-0.4, -0.2) is 44.0 Å². The number of hydrogen-bond acceptors (Lipinski definition) is 4. The zero-order chi connectivity index (χ0) is 21.8. The molecule has 30 heavy (non-hydrogen) atoms. The summed E-state index contributed by atoms with van der Waals surface area (Å²) in [4.78, 5) is 29.3. The van der Waals surface area contributed by atoms with E-state index >= 15 is 0 Å². The highest BCUT2D eigenvalue weighted by molar-refractivity contribution is 5.95. The van der Waals surface area contributed by atoms with Gasteiger partial charge in [0.15, 0.2) is 0 Å². The molecule has 1 fully saturated rings. The molecule has 0 saturated heterocycles. The Morgan fingerprint density at radius 2 is 1.77 bits per heavy atom. The summed E-state index contributed by atoms with van der Waals surface area (Å²) in [5.74, 6) is 0.904. The first-order valence-corrected chi connectivity index (χ1v) is 10.4. The van der Waals surface area contributed by atoms with Crippen LogP contribution in [0.5, 0.6) is 5.75 Å². The monoisotopic (exact) mass is 409 g/mol. The number of amides is 2. The van der Waals surface area contributed by atoms with Crippen molar-refractivity contribution in [1.82, 2.24) is 4.90 Å². The van der Waals surface area contributed by atoms with Crippen molar-refractivity contribution < 1.29 is 14.3 Å². The first-order valence-electron chi connectivity index (χ1n) is 10.4. The molecule has 0 spiro atoms. The van der Waals surface area contributed by atoms with Gasteiger partial charge in [-0.05, 0) is 74.7 Å². The molecule has 0 atom stereocenters. The molecule has 1 N–H and O–H groups in total. The van der Waals surface area contributed by atoms with Crippen LogP contribution in [-0.2, 0) is 11.3 Å². The Labute approximate surface area is 178 Å². The number of nitrogens with zero attached hydrogens (tertiary/aromatic N) is 2. The summed E-state index contributed by atoms with van der Waals surface area (Å²) in [6, 6.07) is 13.1. The normalized spacial score (nSPS) is 13.1. The van der Waals surface area contributed by atoms with Crippen molar-refractivity contribution in [2.24, 2.45) is 5.92 Å². The van der Waals surface area contributed by atoms with Gasteiger partial charge in [0.1, 0.15) is 5.75 Å². The Morgan fingerprint density at radius 3 is 2.30 bits per heavy atom. The Balaban J connectivity index is 1.86. The predicted octanol–water partition coefficient (Wildman–Crippen LogP) is 4.16. The number of ether oxygens (including phenoxy) is 1. The summed E-state index contributed by atoms with van der Waals surface area (Å²) < 4.78 is 5.20. The number of hydrogen-bond donors (Lipinski definition) is 1. The molecule has 3 rings (SSSR count). The second kappa shape index (κ2) is 9.20. The van der Waals surface area contributed by atoms with E-state index < -0.39 is 0 Å². The van der Waals surface area contributed by atoms with Gasteiger partial charge in [0.25, 0.3) is 5.91 Å². The lowest BCUT2D eigenvalue weighted by Crippen LogP contribution is -2.36. The van der Waals surface area contributed by atoms with Crippen molar-refractivity contribution in [3.05, 3.63) is 53.6 Å². The largest absolute Gasteiger partial charge is 0.497 e. The van der Waals surface area contributed by atoms with Crippen molar-refractivity contribution in [2.45, 2.75) is 39.3 Å². The summed E-state index contributed by atoms with van der Waals surface area (Å²) in [7, 11) is 5.56. The maximum Gasteiger partial charge on any atom is 0.254 e. The third-order valence-electron chi connectivity index (χ3n) is 5.34. The summed E-state index contributed by atoms with van der Waals surface area (Å²) >= 11 is 0. The molecule has 0 heterocycles. The molecule has 0 radical (unpaired) electrons. The minimum absolute atomic E-state index is 0.0133. The maximum atomic E-state index is 13.2. The summed E-state index contributed by atoms with van der Waals surface area (Å²) in [5, 5.41) is 3.01. The van der Waals surface area contributed by atoms with Crippen LogP contribution < -0.4 is 15.0 Å². The zero-order valence-electron chi connectivity index (χ0n) is 18.4. The molecule has 1 aliphatic carbocycles. The van der Waals surface area contributed by atoms with Crippen molar-refractivity contribution in [3.8, 4) is 5.75 Å². The van der Waals surface area contributed by atoms with Gasteiger partial charge in [-0.3, -0.25) is 9.59 Å². The van der Waals surface area contributed by atoms with Gasteiger partial charge in [-0.2, -0.15) is 0 Å². The molecule has 0 unspecified atom stereocenters. The van der Waals surface area contributed by atoms with Crippen LogP contribution in [0.2, 0.25) is 0 Å². The number of benzene rings is 2. The van der Waals surface area contributed by atoms with Crippen molar-refractivity contribution in [1.29, 1.82) is 0 Å². The molecule has 1 saturated carbocycles.